The monoisotopic (exact) mass is 1510 g/mol. The number of hydrogen-bond acceptors (Lipinski definition) is 18. The van der Waals surface area contributed by atoms with Gasteiger partial charge < -0.3 is 89.4 Å². The molecule has 108 heavy (non-hydrogen) atoms. The summed E-state index contributed by atoms with van der Waals surface area (Å²) in [6.45, 7) is 65.1. The predicted molar refractivity (Wildman–Crippen MR) is 439 cm³/mol. The molecule has 18 heteroatoms. The molecule has 0 amide bonds. The lowest BCUT2D eigenvalue weighted by Crippen LogP contribution is -2.60. The molecular weight excluding hydrogens is 1360 g/mol. The summed E-state index contributed by atoms with van der Waals surface area (Å²) >= 11 is 0. The van der Waals surface area contributed by atoms with Gasteiger partial charge in [-0.05, 0) is 265 Å². The minimum atomic E-state index is -1.48. The molecule has 10 N–H and O–H groups in total. The molecule has 5 aromatic carbocycles. The van der Waals surface area contributed by atoms with Gasteiger partial charge in [-0.1, -0.05) is 144 Å². The molecular formula is C90H148N2O16. The quantitative estimate of drug-likeness (QED) is 0.0347. The van der Waals surface area contributed by atoms with Crippen molar-refractivity contribution < 1.29 is 78.7 Å². The summed E-state index contributed by atoms with van der Waals surface area (Å²) in [6, 6.07) is 37.4. The minimum Gasteiger partial charge on any atom is -0.462 e. The Bertz CT molecular complexity index is 3130. The molecule has 0 aromatic heterocycles. The maximum absolute atomic E-state index is 10.3. The minimum absolute atomic E-state index is 0.0169. The molecule has 0 bridgehead atoms. The third-order valence-electron chi connectivity index (χ3n) is 16.0. The highest BCUT2D eigenvalue weighted by Crippen LogP contribution is 2.35. The van der Waals surface area contributed by atoms with Crippen molar-refractivity contribution in [3.05, 3.63) is 154 Å². The van der Waals surface area contributed by atoms with Crippen molar-refractivity contribution in [1.29, 1.82) is 0 Å². The molecule has 18 nitrogen and oxygen atoms in total. The van der Waals surface area contributed by atoms with Crippen LogP contribution in [0.25, 0.3) is 0 Å². The van der Waals surface area contributed by atoms with Crippen LogP contribution in [0.4, 0.5) is 11.4 Å². The van der Waals surface area contributed by atoms with Gasteiger partial charge in [0.25, 0.3) is 0 Å². The first-order valence-electron chi connectivity index (χ1n) is 38.6. The van der Waals surface area contributed by atoms with Gasteiger partial charge in [0.2, 0.25) is 12.6 Å². The maximum Gasteiger partial charge on any atom is 0.229 e. The van der Waals surface area contributed by atoms with Crippen molar-refractivity contribution in [2.24, 2.45) is 21.7 Å². The summed E-state index contributed by atoms with van der Waals surface area (Å²) in [4.78, 5) is 0. The number of ether oxygens (including phenoxy) is 8. The molecule has 0 spiro atoms. The van der Waals surface area contributed by atoms with Crippen LogP contribution in [0.2, 0.25) is 0 Å². The Morgan fingerprint density at radius 2 is 0.537 bits per heavy atom. The van der Waals surface area contributed by atoms with Crippen molar-refractivity contribution in [1.82, 2.24) is 0 Å². The smallest absolute Gasteiger partial charge is 0.229 e. The number of aliphatic hydroxyl groups excluding tert-OH is 8. The van der Waals surface area contributed by atoms with Crippen LogP contribution < -0.4 is 20.1 Å². The summed E-state index contributed by atoms with van der Waals surface area (Å²) in [5, 5.41) is 86.1. The lowest BCUT2D eigenvalue weighted by molar-refractivity contribution is -0.277. The van der Waals surface area contributed by atoms with E-state index in [4.69, 9.17) is 37.9 Å². The lowest BCUT2D eigenvalue weighted by Gasteiger charge is -2.39. The normalized spacial score (nSPS) is 21.1. The maximum atomic E-state index is 10.3. The number of hydrogen-bond donors (Lipinski definition) is 10. The van der Waals surface area contributed by atoms with E-state index in [1.807, 2.05) is 65.8 Å². The highest BCUT2D eigenvalue weighted by molar-refractivity contribution is 5.47. The summed E-state index contributed by atoms with van der Waals surface area (Å²) in [5.74, 6) is 1.03. The Morgan fingerprint density at radius 1 is 0.296 bits per heavy atom. The largest absolute Gasteiger partial charge is 0.462 e. The third-order valence-corrected chi connectivity index (χ3v) is 16.0. The van der Waals surface area contributed by atoms with Crippen LogP contribution in [0.15, 0.2) is 109 Å². The zero-order chi connectivity index (χ0) is 82.6. The first-order chi connectivity index (χ1) is 49.1. The second kappa shape index (κ2) is 41.0. The Kier molecular flexibility index (Phi) is 36.8. The second-order valence-electron chi connectivity index (χ2n) is 40.0. The van der Waals surface area contributed by atoms with Gasteiger partial charge in [0.05, 0.1) is 62.0 Å². The number of nitrogens with one attached hydrogen (secondary N) is 2. The van der Waals surface area contributed by atoms with E-state index in [0.29, 0.717) is 61.6 Å². The fraction of sp³-hybridized carbons (Fsp3) is 0.667. The van der Waals surface area contributed by atoms with Crippen LogP contribution in [-0.4, -0.2) is 149 Å². The van der Waals surface area contributed by atoms with Gasteiger partial charge in [0.15, 0.2) is 0 Å². The van der Waals surface area contributed by atoms with Crippen LogP contribution in [0.5, 0.6) is 11.5 Å². The first kappa shape index (κ1) is 96.9. The number of rotatable bonds is 20. The van der Waals surface area contributed by atoms with Crippen molar-refractivity contribution in [2.75, 3.05) is 23.8 Å². The topological polar surface area (TPSA) is 260 Å². The summed E-state index contributed by atoms with van der Waals surface area (Å²) in [6.07, 6.45) is -9.44. The number of aliphatic hydroxyl groups is 8. The standard InChI is InChI=1S/2C22H36O7.C16H26O.C15H25NO.C15H25N/c2*1-21(2,3)10-14-9-13(12-27-22(4,5)6)7-8-15(14)28-20-19(26)18(25)17(24)16(11-23)29-20;1-15(2,3)11-13-7-9-14(10-8-13)12-17-16(4,5)6;1-14(2,3)16-13-9-7-12(8-10-13)11-17-15(4,5)6;1-14(2,3)11-12-7-9-13(10-8-12)16-15(4,5)6/h2*7-9,16-20,23-26H,10-12H2,1-6H3;7-10H,11-12H2,1-6H3;7-10,16H,11H2,1-6H3;7-10,16H,11H2,1-6H3. The Hall–Kier alpha value is -5.26. The molecule has 2 fully saturated rings. The van der Waals surface area contributed by atoms with Crippen LogP contribution in [0.3, 0.4) is 0 Å². The molecule has 2 aliphatic heterocycles. The zero-order valence-corrected chi connectivity index (χ0v) is 72.1. The first-order valence-corrected chi connectivity index (χ1v) is 38.6. The van der Waals surface area contributed by atoms with Gasteiger partial charge in [-0.3, -0.25) is 0 Å². The predicted octanol–water partition coefficient (Wildman–Crippen LogP) is 16.8. The average Bonchev–Trinajstić information content (AvgIpc) is 0.793. The van der Waals surface area contributed by atoms with Crippen molar-refractivity contribution in [3.63, 3.8) is 0 Å². The molecule has 10 unspecified atom stereocenters. The van der Waals surface area contributed by atoms with Crippen LogP contribution >= 0.6 is 0 Å². The van der Waals surface area contributed by atoms with E-state index < -0.39 is 74.6 Å². The molecule has 2 heterocycles. The van der Waals surface area contributed by atoms with Crippen molar-refractivity contribution in [2.45, 2.75) is 355 Å². The Labute approximate surface area is 652 Å². The summed E-state index contributed by atoms with van der Waals surface area (Å²) in [5.41, 5.74) is 11.7. The fourth-order valence-corrected chi connectivity index (χ4v) is 11.1. The molecule has 0 aliphatic carbocycles. The van der Waals surface area contributed by atoms with E-state index in [2.05, 4.69) is 250 Å². The van der Waals surface area contributed by atoms with E-state index in [1.54, 1.807) is 12.1 Å². The SMILES string of the molecule is CC(C)(C)Cc1cc(COC(C)(C)C)ccc1OC1OC(CO)C(O)C(O)C1O.CC(C)(C)Cc1cc(COC(C)(C)C)ccc1OC1OC(CO)C(O)C(O)C1O.CC(C)(C)Cc1ccc(COC(C)(C)C)cc1.CC(C)(C)Cc1ccc(NC(C)(C)C)cc1.CC(C)(C)Nc1ccc(COC(C)(C)C)cc1. The highest BCUT2D eigenvalue weighted by Gasteiger charge is 2.46. The van der Waals surface area contributed by atoms with E-state index >= 15 is 0 Å². The molecule has 10 atom stereocenters. The van der Waals surface area contributed by atoms with Gasteiger partial charge >= 0.3 is 0 Å². The number of anilines is 2. The van der Waals surface area contributed by atoms with Gasteiger partial charge in [-0.2, -0.15) is 0 Å². The average molecular weight is 1510 g/mol. The van der Waals surface area contributed by atoms with Crippen molar-refractivity contribution >= 4 is 11.4 Å². The summed E-state index contributed by atoms with van der Waals surface area (Å²) < 4.78 is 46.0. The Balaban J connectivity index is 0.000000359. The third kappa shape index (κ3) is 40.8. The molecule has 7 rings (SSSR count). The van der Waals surface area contributed by atoms with Crippen molar-refractivity contribution in [3.8, 4) is 11.5 Å². The Morgan fingerprint density at radius 3 is 0.787 bits per heavy atom. The van der Waals surface area contributed by atoms with Crippen LogP contribution in [-0.2, 0) is 80.5 Å². The van der Waals surface area contributed by atoms with E-state index in [1.165, 1.54) is 27.9 Å². The van der Waals surface area contributed by atoms with E-state index in [0.717, 1.165) is 40.8 Å². The van der Waals surface area contributed by atoms with Gasteiger partial charge in [-0.25, -0.2) is 0 Å². The molecule has 5 aromatic rings. The van der Waals surface area contributed by atoms with Gasteiger partial charge in [0.1, 0.15) is 60.3 Å². The second-order valence-corrected chi connectivity index (χ2v) is 40.0. The molecule has 0 saturated carbocycles. The lowest BCUT2D eigenvalue weighted by atomic mass is 9.87. The van der Waals surface area contributed by atoms with Gasteiger partial charge in [-0.15, -0.1) is 0 Å². The molecule has 614 valence electrons. The number of benzene rings is 5. The molecule has 0 radical (unpaired) electrons. The van der Waals surface area contributed by atoms with Crippen LogP contribution in [0.1, 0.15) is 252 Å². The highest BCUT2D eigenvalue weighted by atomic mass is 16.7. The van der Waals surface area contributed by atoms with Crippen LogP contribution in [0, 0.1) is 21.7 Å². The van der Waals surface area contributed by atoms with E-state index in [9.17, 15) is 40.9 Å². The van der Waals surface area contributed by atoms with Gasteiger partial charge in [0, 0.05) is 22.5 Å². The zero-order valence-electron chi connectivity index (χ0n) is 72.1. The molecule has 2 saturated heterocycles. The molecule has 2 aliphatic rings. The van der Waals surface area contributed by atoms with E-state index in [-0.39, 0.29) is 44.3 Å². The summed E-state index contributed by atoms with van der Waals surface area (Å²) in [7, 11) is 0. The fourth-order valence-electron chi connectivity index (χ4n) is 11.1.